The van der Waals surface area contributed by atoms with E-state index in [4.69, 9.17) is 0 Å². The maximum atomic E-state index is 11.7. The highest BCUT2D eigenvalue weighted by atomic mass is 32.2. The molecule has 72 valence electrons. The van der Waals surface area contributed by atoms with E-state index in [0.29, 0.717) is 0 Å². The summed E-state index contributed by atoms with van der Waals surface area (Å²) < 4.78 is 35.2. The van der Waals surface area contributed by atoms with Crippen molar-refractivity contribution in [3.05, 3.63) is 22.2 Å². The number of aromatic nitrogens is 1. The number of hydrogen-bond donors (Lipinski definition) is 1. The van der Waals surface area contributed by atoms with E-state index in [0.717, 1.165) is 12.1 Å². The van der Waals surface area contributed by atoms with Crippen molar-refractivity contribution in [3.63, 3.8) is 0 Å². The van der Waals surface area contributed by atoms with Crippen LogP contribution in [0.3, 0.4) is 0 Å². The minimum atomic E-state index is -4.43. The molecule has 4 nitrogen and oxygen atoms in total. The molecule has 1 N–H and O–H groups in total. The van der Waals surface area contributed by atoms with E-state index >= 15 is 0 Å². The lowest BCUT2D eigenvalue weighted by Crippen LogP contribution is -1.99. The van der Waals surface area contributed by atoms with E-state index in [1.165, 1.54) is 0 Å². The van der Waals surface area contributed by atoms with Gasteiger partial charge < -0.3 is 10.1 Å². The molecule has 0 aromatic carbocycles. The molecule has 0 saturated carbocycles. The molecule has 0 saturated heterocycles. The smallest absolute Gasteiger partial charge is 0.358 e. The first kappa shape index (κ1) is 9.90. The van der Waals surface area contributed by atoms with E-state index in [9.17, 15) is 23.3 Å². The summed E-state index contributed by atoms with van der Waals surface area (Å²) in [7, 11) is 0. The second-order valence-corrected chi connectivity index (χ2v) is 3.12. The highest BCUT2D eigenvalue weighted by Crippen LogP contribution is 2.36. The third-order valence-corrected chi connectivity index (χ3v) is 1.76. The average Bonchev–Trinajstić information content (AvgIpc) is 2.31. The summed E-state index contributed by atoms with van der Waals surface area (Å²) in [6.07, 6.45) is 0. The topological polar surface area (TPSA) is 58.9 Å². The van der Waals surface area contributed by atoms with Crippen molar-refractivity contribution in [2.24, 2.45) is 0 Å². The van der Waals surface area contributed by atoms with Gasteiger partial charge in [-0.1, -0.05) is 0 Å². The van der Waals surface area contributed by atoms with Crippen LogP contribution in [0.15, 0.2) is 17.2 Å². The van der Waals surface area contributed by atoms with Crippen molar-refractivity contribution in [2.75, 3.05) is 0 Å². The number of rotatable bonds is 2. The maximum absolute atomic E-state index is 11.7. The largest absolute Gasteiger partial charge is 0.449 e. The molecular formula is C5H3F3N2O2S. The van der Waals surface area contributed by atoms with Gasteiger partial charge in [-0.2, -0.15) is 13.2 Å². The predicted octanol–water partition coefficient (Wildman–Crippen LogP) is 2.53. The van der Waals surface area contributed by atoms with Gasteiger partial charge in [0.05, 0.1) is 0 Å². The Kier molecular flexibility index (Phi) is 2.50. The van der Waals surface area contributed by atoms with Crippen LogP contribution < -0.4 is 0 Å². The predicted molar refractivity (Wildman–Crippen MR) is 39.4 cm³/mol. The van der Waals surface area contributed by atoms with Gasteiger partial charge in [-0.3, -0.25) is 0 Å². The lowest BCUT2D eigenvalue weighted by atomic mass is 10.6. The Morgan fingerprint density at radius 3 is 2.46 bits per heavy atom. The number of nitrogens with zero attached hydrogens (tertiary/aromatic N) is 1. The molecule has 8 heteroatoms. The van der Waals surface area contributed by atoms with Crippen LogP contribution in [0, 0.1) is 10.1 Å². The molecule has 1 heterocycles. The minimum Gasteiger partial charge on any atom is -0.358 e. The Balaban J connectivity index is 2.75. The number of halogens is 3. The Morgan fingerprint density at radius 2 is 2.08 bits per heavy atom. The number of hydrogen-bond acceptors (Lipinski definition) is 3. The number of H-pyrrole nitrogens is 1. The number of thioether (sulfide) groups is 1. The number of nitro groups is 1. The summed E-state index contributed by atoms with van der Waals surface area (Å²) in [6, 6.07) is 1.99. The third kappa shape index (κ3) is 2.98. The molecule has 0 radical (unpaired) electrons. The first-order chi connectivity index (χ1) is 5.88. The third-order valence-electron chi connectivity index (χ3n) is 1.07. The zero-order chi connectivity index (χ0) is 10.1. The van der Waals surface area contributed by atoms with Gasteiger partial charge in [0.2, 0.25) is 0 Å². The molecule has 0 amide bonds. The summed E-state index contributed by atoms with van der Waals surface area (Å²) in [5, 5.41) is 9.77. The molecule has 1 aromatic heterocycles. The van der Waals surface area contributed by atoms with Crippen LogP contribution in [0.4, 0.5) is 19.0 Å². The van der Waals surface area contributed by atoms with E-state index in [2.05, 4.69) is 0 Å². The number of aromatic amines is 1. The summed E-state index contributed by atoms with van der Waals surface area (Å²) >= 11 is -0.421. The normalized spacial score (nSPS) is 11.6. The van der Waals surface area contributed by atoms with Crippen molar-refractivity contribution in [1.29, 1.82) is 0 Å². The second kappa shape index (κ2) is 3.29. The van der Waals surface area contributed by atoms with Gasteiger partial charge in [-0.15, -0.1) is 0 Å². The van der Waals surface area contributed by atoms with Gasteiger partial charge in [0.25, 0.3) is 0 Å². The minimum absolute atomic E-state index is 0.292. The summed E-state index contributed by atoms with van der Waals surface area (Å²) in [6.45, 7) is 0. The summed E-state index contributed by atoms with van der Waals surface area (Å²) in [5.41, 5.74) is -4.43. The van der Waals surface area contributed by atoms with Crippen LogP contribution in [0.25, 0.3) is 0 Å². The molecule has 0 atom stereocenters. The van der Waals surface area contributed by atoms with Gasteiger partial charge in [0.1, 0.15) is 0 Å². The molecule has 1 aromatic rings. The highest BCUT2D eigenvalue weighted by Gasteiger charge is 2.31. The Bertz CT molecular complexity index is 322. The Morgan fingerprint density at radius 1 is 1.46 bits per heavy atom. The summed E-state index contributed by atoms with van der Waals surface area (Å²) in [5.74, 6) is -0.452. The van der Waals surface area contributed by atoms with Crippen LogP contribution in [0.1, 0.15) is 0 Å². The van der Waals surface area contributed by atoms with Gasteiger partial charge in [-0.25, -0.2) is 4.98 Å². The van der Waals surface area contributed by atoms with Crippen LogP contribution in [-0.4, -0.2) is 15.4 Å². The van der Waals surface area contributed by atoms with Crippen LogP contribution >= 0.6 is 11.8 Å². The maximum Gasteiger partial charge on any atom is 0.449 e. The molecule has 0 aliphatic carbocycles. The number of alkyl halides is 3. The molecule has 0 bridgehead atoms. The fourth-order valence-electron chi connectivity index (χ4n) is 0.655. The van der Waals surface area contributed by atoms with Crippen molar-refractivity contribution >= 4 is 17.6 Å². The molecule has 0 fully saturated rings. The van der Waals surface area contributed by atoms with E-state index < -0.39 is 28.0 Å². The Hall–Kier alpha value is -1.18. The monoisotopic (exact) mass is 212 g/mol. The fraction of sp³-hybridized carbons (Fsp3) is 0.200. The Labute approximate surface area is 74.3 Å². The average molecular weight is 212 g/mol. The van der Waals surface area contributed by atoms with Crippen LogP contribution in [-0.2, 0) is 0 Å². The van der Waals surface area contributed by atoms with Gasteiger partial charge in [0.15, 0.2) is 5.03 Å². The van der Waals surface area contributed by atoms with Crippen LogP contribution in [0.5, 0.6) is 0 Å². The van der Waals surface area contributed by atoms with Crippen molar-refractivity contribution in [1.82, 2.24) is 4.98 Å². The quantitative estimate of drug-likeness (QED) is 0.465. The lowest BCUT2D eigenvalue weighted by molar-refractivity contribution is -0.389. The summed E-state index contributed by atoms with van der Waals surface area (Å²) in [4.78, 5) is 11.3. The first-order valence-electron chi connectivity index (χ1n) is 2.97. The van der Waals surface area contributed by atoms with E-state index in [1.807, 2.05) is 4.98 Å². The van der Waals surface area contributed by atoms with Gasteiger partial charge in [0, 0.05) is 23.9 Å². The van der Waals surface area contributed by atoms with Gasteiger partial charge >= 0.3 is 11.3 Å². The van der Waals surface area contributed by atoms with Crippen molar-refractivity contribution < 1.29 is 18.1 Å². The van der Waals surface area contributed by atoms with E-state index in [1.54, 1.807) is 0 Å². The molecule has 0 spiro atoms. The van der Waals surface area contributed by atoms with Gasteiger partial charge in [-0.05, 0) is 4.92 Å². The van der Waals surface area contributed by atoms with Crippen molar-refractivity contribution in [3.8, 4) is 0 Å². The fourth-order valence-corrected chi connectivity index (χ4v) is 1.20. The first-order valence-corrected chi connectivity index (χ1v) is 3.79. The molecule has 0 aliphatic heterocycles. The SMILES string of the molecule is O=[N+]([O-])c1ccc(SC(F)(F)F)[nH]1. The molecule has 13 heavy (non-hydrogen) atoms. The zero-order valence-corrected chi connectivity index (χ0v) is 6.78. The van der Waals surface area contributed by atoms with E-state index in [-0.39, 0.29) is 5.03 Å². The molecular weight excluding hydrogens is 209 g/mol. The standard InChI is InChI=1S/C5H3F3N2O2S/c6-5(7,8)13-4-2-1-3(9-4)10(11)12/h1-2,9H. The van der Waals surface area contributed by atoms with Crippen LogP contribution in [0.2, 0.25) is 0 Å². The molecule has 0 aliphatic rings. The zero-order valence-electron chi connectivity index (χ0n) is 5.96. The highest BCUT2D eigenvalue weighted by molar-refractivity contribution is 8.00. The van der Waals surface area contributed by atoms with Crippen molar-refractivity contribution in [2.45, 2.75) is 10.5 Å². The second-order valence-electron chi connectivity index (χ2n) is 2.01. The number of nitrogens with one attached hydrogen (secondary N) is 1. The molecule has 0 unspecified atom stereocenters. The lowest BCUT2D eigenvalue weighted by Gasteiger charge is -1.99. The molecule has 1 rings (SSSR count).